The van der Waals surface area contributed by atoms with Gasteiger partial charge in [0.25, 0.3) is 10.1 Å². The van der Waals surface area contributed by atoms with E-state index in [-0.39, 0.29) is 37.1 Å². The Bertz CT molecular complexity index is 3110. The molecule has 0 heterocycles. The highest BCUT2D eigenvalue weighted by Gasteiger charge is 2.31. The smallest absolute Gasteiger partial charge is 0.340 e. The third-order valence-corrected chi connectivity index (χ3v) is 12.2. The van der Waals surface area contributed by atoms with Gasteiger partial charge in [-0.1, -0.05) is 164 Å². The van der Waals surface area contributed by atoms with Crippen molar-refractivity contribution in [3.05, 3.63) is 176 Å². The van der Waals surface area contributed by atoms with E-state index in [1.165, 1.54) is 12.1 Å². The number of benzene rings is 9. The second-order valence-electron chi connectivity index (χ2n) is 13.1. The number of rotatable bonds is 7. The molecular weight excluding hydrogens is 713 g/mol. The van der Waals surface area contributed by atoms with Crippen LogP contribution in [0.5, 0.6) is 5.75 Å². The molecule has 9 rings (SSSR count). The Balaban J connectivity index is 1.40. The van der Waals surface area contributed by atoms with Gasteiger partial charge in [0.05, 0.1) is 0 Å². The summed E-state index contributed by atoms with van der Waals surface area (Å²) in [7, 11) is -9.45. The first-order chi connectivity index (χ1) is 26.2. The zero-order valence-corrected chi connectivity index (χ0v) is 30.2. The normalized spacial score (nSPS) is 12.1. The molecule has 0 aliphatic heterocycles. The van der Waals surface area contributed by atoms with Crippen molar-refractivity contribution >= 4 is 63.3 Å². The minimum atomic E-state index is -4.73. The topological polar surface area (TPSA) is 97.7 Å². The molecule has 8 heteroatoms. The molecule has 54 heavy (non-hydrogen) atoms. The molecule has 1 N–H and O–H groups in total. The van der Waals surface area contributed by atoms with Crippen LogP contribution in [0.2, 0.25) is 0 Å². The average Bonchev–Trinajstić information content (AvgIpc) is 3.19. The van der Waals surface area contributed by atoms with Crippen LogP contribution in [0.1, 0.15) is 0 Å². The summed E-state index contributed by atoms with van der Waals surface area (Å²) in [5.41, 5.74) is 4.01. The van der Waals surface area contributed by atoms with E-state index in [1.807, 2.05) is 109 Å². The van der Waals surface area contributed by atoms with E-state index in [4.69, 9.17) is 4.18 Å². The Morgan fingerprint density at radius 1 is 0.370 bits per heavy atom. The van der Waals surface area contributed by atoms with Crippen LogP contribution in [0.15, 0.2) is 186 Å². The molecule has 0 amide bonds. The van der Waals surface area contributed by atoms with E-state index >= 15 is 8.42 Å². The van der Waals surface area contributed by atoms with Crippen LogP contribution >= 0.6 is 0 Å². The van der Waals surface area contributed by atoms with E-state index in [9.17, 15) is 13.0 Å². The summed E-state index contributed by atoms with van der Waals surface area (Å²) in [5.74, 6) is -0.0467. The molecule has 0 bridgehead atoms. The SMILES string of the molecule is O=S(=O)(O)c1c2ccccc2c(OS(=O)(=O)c2c(-c3ccccc3)cc(-c3cccc4ccccc34)cc2-c2cccc3ccccc23)c2ccccc12. The highest BCUT2D eigenvalue weighted by atomic mass is 32.2. The van der Waals surface area contributed by atoms with Crippen molar-refractivity contribution in [3.63, 3.8) is 0 Å². The Hall–Kier alpha value is -6.32. The molecule has 9 aromatic rings. The quantitative estimate of drug-likeness (QED) is 0.0992. The van der Waals surface area contributed by atoms with Crippen LogP contribution in [-0.2, 0) is 20.2 Å². The van der Waals surface area contributed by atoms with Crippen LogP contribution in [0.25, 0.3) is 76.5 Å². The van der Waals surface area contributed by atoms with Crippen molar-refractivity contribution in [2.24, 2.45) is 0 Å². The maximum absolute atomic E-state index is 15.4. The van der Waals surface area contributed by atoms with Crippen molar-refractivity contribution in [3.8, 4) is 39.1 Å². The van der Waals surface area contributed by atoms with Gasteiger partial charge in [0.2, 0.25) is 0 Å². The van der Waals surface area contributed by atoms with Gasteiger partial charge in [-0.05, 0) is 55.9 Å². The lowest BCUT2D eigenvalue weighted by Gasteiger charge is -2.21. The van der Waals surface area contributed by atoms with Gasteiger partial charge in [-0.15, -0.1) is 0 Å². The first-order valence-electron chi connectivity index (χ1n) is 17.2. The van der Waals surface area contributed by atoms with Gasteiger partial charge in [0.1, 0.15) is 9.79 Å². The zero-order valence-electron chi connectivity index (χ0n) is 28.5. The van der Waals surface area contributed by atoms with Crippen molar-refractivity contribution in [2.75, 3.05) is 0 Å². The monoisotopic (exact) mass is 742 g/mol. The van der Waals surface area contributed by atoms with Crippen LogP contribution in [0.4, 0.5) is 0 Å². The lowest BCUT2D eigenvalue weighted by atomic mass is 9.89. The van der Waals surface area contributed by atoms with E-state index < -0.39 is 20.2 Å². The zero-order chi connectivity index (χ0) is 37.0. The lowest BCUT2D eigenvalue weighted by molar-refractivity contribution is 0.485. The van der Waals surface area contributed by atoms with E-state index in [0.717, 1.165) is 32.7 Å². The number of hydrogen-bond donors (Lipinski definition) is 1. The Labute approximate surface area is 312 Å². The third-order valence-electron chi connectivity index (χ3n) is 9.89. The largest absolute Gasteiger partial charge is 0.378 e. The summed E-state index contributed by atoms with van der Waals surface area (Å²) in [6.07, 6.45) is 0. The Kier molecular flexibility index (Phi) is 8.05. The summed E-state index contributed by atoms with van der Waals surface area (Å²) < 4.78 is 73.1. The fraction of sp³-hybridized carbons (Fsp3) is 0. The molecule has 262 valence electrons. The van der Waals surface area contributed by atoms with Crippen LogP contribution in [-0.4, -0.2) is 21.4 Å². The number of hydrogen-bond acceptors (Lipinski definition) is 5. The third kappa shape index (κ3) is 5.68. The van der Waals surface area contributed by atoms with Crippen molar-refractivity contribution < 1.29 is 25.6 Å². The highest BCUT2D eigenvalue weighted by Crippen LogP contribution is 2.46. The fourth-order valence-electron chi connectivity index (χ4n) is 7.59. The van der Waals surface area contributed by atoms with E-state index in [2.05, 4.69) is 18.2 Å². The maximum atomic E-state index is 15.4. The molecule has 0 spiro atoms. The Morgan fingerprint density at radius 3 is 1.39 bits per heavy atom. The highest BCUT2D eigenvalue weighted by molar-refractivity contribution is 7.87. The first-order valence-corrected chi connectivity index (χ1v) is 20.1. The van der Waals surface area contributed by atoms with Gasteiger partial charge in [-0.25, -0.2) is 0 Å². The predicted octanol–water partition coefficient (Wildman–Crippen LogP) is 11.3. The molecule has 0 unspecified atom stereocenters. The van der Waals surface area contributed by atoms with E-state index in [0.29, 0.717) is 22.3 Å². The standard InChI is InChI=1S/C46H30O6S2/c47-53(48,49)45-40-24-10-8-22-38(40)44(39-23-9-11-25-41(39)45)52-54(50,51)46-42(32-14-2-1-3-15-32)28-33(36-26-12-18-30-16-4-6-20-34(30)36)29-43(46)37-27-13-19-31-17-5-7-21-35(31)37/h1-29H,(H,47,48,49). The second-order valence-corrected chi connectivity index (χ2v) is 15.9. The molecule has 6 nitrogen and oxygen atoms in total. The second kappa shape index (κ2) is 13.0. The van der Waals surface area contributed by atoms with Gasteiger partial charge >= 0.3 is 10.1 Å². The molecule has 0 atom stereocenters. The molecule has 0 aromatic heterocycles. The van der Waals surface area contributed by atoms with Crippen LogP contribution in [0, 0.1) is 0 Å². The lowest BCUT2D eigenvalue weighted by Crippen LogP contribution is -2.14. The summed E-state index contributed by atoms with van der Waals surface area (Å²) in [5, 5.41) is 4.57. The average molecular weight is 743 g/mol. The van der Waals surface area contributed by atoms with Crippen molar-refractivity contribution in [1.82, 2.24) is 0 Å². The summed E-state index contributed by atoms with van der Waals surface area (Å²) in [4.78, 5) is -0.361. The Morgan fingerprint density at radius 2 is 0.815 bits per heavy atom. The van der Waals surface area contributed by atoms with Crippen LogP contribution < -0.4 is 4.18 Å². The molecule has 0 saturated heterocycles. The molecule has 0 radical (unpaired) electrons. The maximum Gasteiger partial charge on any atom is 0.340 e. The molecule has 0 saturated carbocycles. The molecule has 0 fully saturated rings. The minimum Gasteiger partial charge on any atom is -0.378 e. The van der Waals surface area contributed by atoms with Crippen molar-refractivity contribution in [1.29, 1.82) is 0 Å². The molecule has 0 aliphatic rings. The van der Waals surface area contributed by atoms with Crippen molar-refractivity contribution in [2.45, 2.75) is 9.79 Å². The fourth-order valence-corrected chi connectivity index (χ4v) is 9.87. The molecule has 0 aliphatic carbocycles. The van der Waals surface area contributed by atoms with Gasteiger partial charge < -0.3 is 4.18 Å². The van der Waals surface area contributed by atoms with Gasteiger partial charge in [-0.3, -0.25) is 4.55 Å². The van der Waals surface area contributed by atoms with Gasteiger partial charge in [-0.2, -0.15) is 16.8 Å². The van der Waals surface area contributed by atoms with E-state index in [1.54, 1.807) is 36.4 Å². The van der Waals surface area contributed by atoms with Crippen LogP contribution in [0.3, 0.4) is 0 Å². The first kappa shape index (κ1) is 33.5. The van der Waals surface area contributed by atoms with Gasteiger partial charge in [0, 0.05) is 32.7 Å². The predicted molar refractivity (Wildman–Crippen MR) is 217 cm³/mol. The molecular formula is C46H30O6S2. The minimum absolute atomic E-state index is 0.0407. The summed E-state index contributed by atoms with van der Waals surface area (Å²) in [6.45, 7) is 0. The van der Waals surface area contributed by atoms with Gasteiger partial charge in [0.15, 0.2) is 5.75 Å². The summed E-state index contributed by atoms with van der Waals surface area (Å²) in [6, 6.07) is 53.9. The number of fused-ring (bicyclic) bond motifs is 4. The summed E-state index contributed by atoms with van der Waals surface area (Å²) >= 11 is 0. The molecule has 9 aromatic carbocycles.